The molecule has 0 aliphatic carbocycles. The molecule has 0 saturated heterocycles. The van der Waals surface area contributed by atoms with Gasteiger partial charge < -0.3 is 0 Å². The summed E-state index contributed by atoms with van der Waals surface area (Å²) >= 11 is 1.23. The summed E-state index contributed by atoms with van der Waals surface area (Å²) in [6, 6.07) is 0. The van der Waals surface area contributed by atoms with E-state index in [0.717, 1.165) is 0 Å². The fourth-order valence-electron chi connectivity index (χ4n) is 2.20. The highest BCUT2D eigenvalue weighted by atomic mass is 32.2. The molecule has 2 aromatic heterocycles. The summed E-state index contributed by atoms with van der Waals surface area (Å²) in [7, 11) is -1.74. The zero-order valence-electron chi connectivity index (χ0n) is 14.9. The van der Waals surface area contributed by atoms with Crippen LogP contribution in [0.2, 0.25) is 0 Å². The molecule has 0 N–H and O–H groups in total. The second kappa shape index (κ2) is 9.75. The van der Waals surface area contributed by atoms with E-state index >= 15 is 0 Å². The Morgan fingerprint density at radius 1 is 1.32 bits per heavy atom. The lowest BCUT2D eigenvalue weighted by Crippen LogP contribution is -2.32. The predicted molar refractivity (Wildman–Crippen MR) is 102 cm³/mol. The summed E-state index contributed by atoms with van der Waals surface area (Å²) in [4.78, 5) is 26.2. The Kier molecular flexibility index (Phi) is 7.65. The monoisotopic (exact) mass is 430 g/mol. The van der Waals surface area contributed by atoms with Crippen LogP contribution in [0.3, 0.4) is 0 Å². The molecule has 1 amide bonds. The molecule has 2 rings (SSSR count). The average Bonchev–Trinajstić information content (AvgIpc) is 3.04. The van der Waals surface area contributed by atoms with Crippen molar-refractivity contribution in [3.8, 4) is 22.9 Å². The van der Waals surface area contributed by atoms with Crippen LogP contribution in [-0.2, 0) is 15.6 Å². The van der Waals surface area contributed by atoms with Gasteiger partial charge >= 0.3 is 6.18 Å². The van der Waals surface area contributed by atoms with Crippen molar-refractivity contribution in [1.82, 2.24) is 15.0 Å². The summed E-state index contributed by atoms with van der Waals surface area (Å²) in [5, 5.41) is 1.14. The number of halogens is 3. The van der Waals surface area contributed by atoms with E-state index in [1.165, 1.54) is 22.6 Å². The van der Waals surface area contributed by atoms with Gasteiger partial charge in [0, 0.05) is 46.7 Å². The molecule has 0 aromatic carbocycles. The van der Waals surface area contributed by atoms with Gasteiger partial charge in [0.15, 0.2) is 0 Å². The normalized spacial score (nSPS) is 12.4. The van der Waals surface area contributed by atoms with E-state index in [2.05, 4.69) is 20.9 Å². The van der Waals surface area contributed by atoms with Crippen LogP contribution >= 0.6 is 11.3 Å². The van der Waals surface area contributed by atoms with E-state index in [9.17, 15) is 22.2 Å². The number of anilines is 1. The van der Waals surface area contributed by atoms with Gasteiger partial charge in [-0.25, -0.2) is 15.0 Å². The van der Waals surface area contributed by atoms with E-state index < -0.39 is 35.1 Å². The van der Waals surface area contributed by atoms with Crippen LogP contribution in [0.1, 0.15) is 18.5 Å². The zero-order valence-corrected chi connectivity index (χ0v) is 16.5. The Morgan fingerprint density at radius 3 is 2.61 bits per heavy atom. The number of rotatable bonds is 8. The van der Waals surface area contributed by atoms with Crippen molar-refractivity contribution < 1.29 is 22.2 Å². The highest BCUT2D eigenvalue weighted by molar-refractivity contribution is 7.84. The molecule has 150 valence electrons. The van der Waals surface area contributed by atoms with Gasteiger partial charge in [-0.15, -0.1) is 6.42 Å². The summed E-state index contributed by atoms with van der Waals surface area (Å²) in [6.45, 7) is 1.69. The molecule has 0 bridgehead atoms. The Morgan fingerprint density at radius 2 is 2.00 bits per heavy atom. The molecule has 2 aromatic rings. The third-order valence-corrected chi connectivity index (χ3v) is 6.08. The summed E-state index contributed by atoms with van der Waals surface area (Å²) < 4.78 is 48.4. The molecule has 1 unspecified atom stereocenters. The molecule has 0 saturated carbocycles. The van der Waals surface area contributed by atoms with Crippen LogP contribution in [0.15, 0.2) is 18.7 Å². The molecule has 0 fully saturated rings. The van der Waals surface area contributed by atoms with E-state index in [1.54, 1.807) is 19.3 Å². The Bertz CT molecular complexity index is 879. The van der Waals surface area contributed by atoms with Crippen LogP contribution < -0.4 is 4.90 Å². The largest absolute Gasteiger partial charge is 0.390 e. The number of aromatic nitrogens is 3. The molecule has 2 heterocycles. The maximum atomic E-state index is 12.6. The molecule has 1 atom stereocenters. The van der Waals surface area contributed by atoms with Gasteiger partial charge in [-0.05, 0) is 6.92 Å². The van der Waals surface area contributed by atoms with E-state index in [0.29, 0.717) is 21.3 Å². The van der Waals surface area contributed by atoms with Crippen LogP contribution in [0, 0.1) is 19.3 Å². The first-order valence-corrected chi connectivity index (χ1v) is 10.4. The number of alkyl halides is 3. The molecular weight excluding hydrogens is 413 g/mol. The first-order chi connectivity index (χ1) is 13.2. The Hall–Kier alpha value is -2.32. The lowest BCUT2D eigenvalue weighted by molar-refractivity contribution is -0.129. The second-order valence-corrected chi connectivity index (χ2v) is 8.36. The number of hydrogen-bond donors (Lipinski definition) is 0. The van der Waals surface area contributed by atoms with Crippen molar-refractivity contribution in [3.05, 3.63) is 24.4 Å². The van der Waals surface area contributed by atoms with Gasteiger partial charge in [0.1, 0.15) is 16.3 Å². The van der Waals surface area contributed by atoms with Crippen molar-refractivity contribution in [1.29, 1.82) is 0 Å². The number of thiazole rings is 1. The molecule has 0 radical (unpaired) electrons. The molecule has 0 aliphatic heterocycles. The molecule has 0 aliphatic rings. The third-order valence-electron chi connectivity index (χ3n) is 3.53. The quantitative estimate of drug-likeness (QED) is 0.602. The van der Waals surface area contributed by atoms with Crippen molar-refractivity contribution in [2.75, 3.05) is 23.0 Å². The lowest BCUT2D eigenvalue weighted by atomic mass is 10.3. The van der Waals surface area contributed by atoms with Crippen LogP contribution in [0.4, 0.5) is 18.2 Å². The lowest BCUT2D eigenvalue weighted by Gasteiger charge is -2.19. The number of nitrogens with zero attached hydrogens (tertiary/aromatic N) is 4. The summed E-state index contributed by atoms with van der Waals surface area (Å²) in [5.74, 6) is 1.29. The fourth-order valence-corrected chi connectivity index (χ4v) is 4.33. The first-order valence-electron chi connectivity index (χ1n) is 8.09. The van der Waals surface area contributed by atoms with Gasteiger partial charge in [-0.2, -0.15) is 13.2 Å². The number of carbonyl (C=O) groups excluding carboxylic acids is 1. The predicted octanol–water partition coefficient (Wildman–Crippen LogP) is 2.97. The topological polar surface area (TPSA) is 76.1 Å². The van der Waals surface area contributed by atoms with Crippen LogP contribution in [0.25, 0.3) is 10.6 Å². The first kappa shape index (κ1) is 22.0. The highest BCUT2D eigenvalue weighted by Gasteiger charge is 2.28. The van der Waals surface area contributed by atoms with Gasteiger partial charge in [-0.3, -0.25) is 13.9 Å². The number of carbonyl (C=O) groups is 1. The van der Waals surface area contributed by atoms with Gasteiger partial charge in [0.05, 0.1) is 18.7 Å². The van der Waals surface area contributed by atoms with Crippen LogP contribution in [-0.4, -0.2) is 49.3 Å². The van der Waals surface area contributed by atoms with E-state index in [1.807, 2.05) is 0 Å². The molecule has 6 nitrogen and oxygen atoms in total. The zero-order chi connectivity index (χ0) is 20.7. The molecule has 11 heteroatoms. The Labute approximate surface area is 166 Å². The number of terminal acetylenes is 1. The fraction of sp³-hybridized carbons (Fsp3) is 0.412. The van der Waals surface area contributed by atoms with Gasteiger partial charge in [0.2, 0.25) is 5.91 Å². The second-order valence-electron chi connectivity index (χ2n) is 5.68. The van der Waals surface area contributed by atoms with E-state index in [4.69, 9.17) is 6.42 Å². The SMILES string of the molecule is C#CCN(C(=O)CCS(=O)CCC(F)(F)F)c1sc(-c2cncnc2)nc1C. The summed E-state index contributed by atoms with van der Waals surface area (Å²) in [6.07, 6.45) is 4.24. The average molecular weight is 430 g/mol. The minimum Gasteiger partial charge on any atom is -0.290 e. The summed E-state index contributed by atoms with van der Waals surface area (Å²) in [5.41, 5.74) is 1.26. The van der Waals surface area contributed by atoms with Gasteiger partial charge in [-0.1, -0.05) is 17.3 Å². The van der Waals surface area contributed by atoms with Crippen LogP contribution in [0.5, 0.6) is 0 Å². The maximum Gasteiger partial charge on any atom is 0.390 e. The number of amides is 1. The number of hydrogen-bond acceptors (Lipinski definition) is 6. The van der Waals surface area contributed by atoms with E-state index in [-0.39, 0.29) is 18.7 Å². The van der Waals surface area contributed by atoms with Crippen molar-refractivity contribution >= 4 is 33.0 Å². The van der Waals surface area contributed by atoms with Gasteiger partial charge in [0.25, 0.3) is 0 Å². The highest BCUT2D eigenvalue weighted by Crippen LogP contribution is 2.34. The van der Waals surface area contributed by atoms with Crippen molar-refractivity contribution in [2.24, 2.45) is 0 Å². The smallest absolute Gasteiger partial charge is 0.290 e. The standard InChI is InChI=1S/C17H17F3N4O2S2/c1-3-6-24(14(25)4-7-28(26)8-5-17(18,19)20)16-12(2)23-15(27-16)13-9-21-11-22-10-13/h1,9-11H,4-8H2,2H3. The minimum atomic E-state index is -4.37. The van der Waals surface area contributed by atoms with Crippen molar-refractivity contribution in [2.45, 2.75) is 25.9 Å². The third kappa shape index (κ3) is 6.38. The maximum absolute atomic E-state index is 12.6. The molecule has 28 heavy (non-hydrogen) atoms. The molecular formula is C17H17F3N4O2S2. The Balaban J connectivity index is 2.08. The van der Waals surface area contributed by atoms with Crippen molar-refractivity contribution in [3.63, 3.8) is 0 Å². The number of aryl methyl sites for hydroxylation is 1. The minimum absolute atomic E-state index is 0.0260. The molecule has 0 spiro atoms.